The van der Waals surface area contributed by atoms with Crippen LogP contribution in [0.15, 0.2) is 24.3 Å². The summed E-state index contributed by atoms with van der Waals surface area (Å²) in [4.78, 5) is 0. The van der Waals surface area contributed by atoms with E-state index < -0.39 is 0 Å². The molecule has 1 heterocycles. The number of hydrogen-bond donors (Lipinski definition) is 1. The fourth-order valence-electron chi connectivity index (χ4n) is 2.92. The molecule has 1 aromatic carbocycles. The van der Waals surface area contributed by atoms with Gasteiger partial charge in [0, 0.05) is 12.0 Å². The molecule has 1 aromatic rings. The lowest BCUT2D eigenvalue weighted by molar-refractivity contribution is 0.183. The lowest BCUT2D eigenvalue weighted by Gasteiger charge is -2.26. The van der Waals surface area contributed by atoms with Crippen LogP contribution in [0, 0.1) is 5.92 Å². The zero-order chi connectivity index (χ0) is 14.6. The largest absolute Gasteiger partial charge is 0.490 e. The minimum atomic E-state index is 0.200. The highest BCUT2D eigenvalue weighted by Crippen LogP contribution is 2.31. The fraction of sp³-hybridized carbons (Fsp3) is 0.667. The van der Waals surface area contributed by atoms with Gasteiger partial charge in [0.2, 0.25) is 0 Å². The van der Waals surface area contributed by atoms with E-state index in [2.05, 4.69) is 57.3 Å². The maximum atomic E-state index is 6.09. The standard InChI is InChI=1S/C18H29NO/c1-5-8-14(13-19-18(2,3)4)11-16-12-15-9-6-7-10-17(15)20-16/h6-7,9-10,14,16,19H,5,8,11-13H2,1-4H3. The number of hydrogen-bond acceptors (Lipinski definition) is 2. The van der Waals surface area contributed by atoms with Crippen molar-refractivity contribution < 1.29 is 4.74 Å². The van der Waals surface area contributed by atoms with Crippen molar-refractivity contribution in [2.45, 2.75) is 65.0 Å². The van der Waals surface area contributed by atoms with Gasteiger partial charge in [0.25, 0.3) is 0 Å². The predicted molar refractivity (Wildman–Crippen MR) is 85.3 cm³/mol. The van der Waals surface area contributed by atoms with Gasteiger partial charge in [0.15, 0.2) is 0 Å². The molecule has 0 amide bonds. The summed E-state index contributed by atoms with van der Waals surface area (Å²) in [5, 5.41) is 3.65. The molecule has 0 spiro atoms. The average Bonchev–Trinajstić information content (AvgIpc) is 2.77. The second-order valence-corrected chi connectivity index (χ2v) is 7.07. The van der Waals surface area contributed by atoms with Gasteiger partial charge in [-0.05, 0) is 57.7 Å². The molecule has 0 fully saturated rings. The van der Waals surface area contributed by atoms with Gasteiger partial charge in [0.05, 0.1) is 0 Å². The van der Waals surface area contributed by atoms with Crippen LogP contribution in [0.3, 0.4) is 0 Å². The Bertz CT molecular complexity index is 397. The molecule has 2 rings (SSSR count). The first kappa shape index (κ1) is 15.4. The molecular formula is C18H29NO. The third kappa shape index (κ3) is 4.52. The second kappa shape index (κ2) is 6.62. The molecule has 0 aliphatic carbocycles. The normalized spacial score (nSPS) is 19.5. The topological polar surface area (TPSA) is 21.3 Å². The molecule has 0 bridgehead atoms. The van der Waals surface area contributed by atoms with E-state index in [0.717, 1.165) is 25.1 Å². The van der Waals surface area contributed by atoms with E-state index in [1.54, 1.807) is 0 Å². The summed E-state index contributed by atoms with van der Waals surface area (Å²) < 4.78 is 6.09. The van der Waals surface area contributed by atoms with Crippen LogP contribution in [0.4, 0.5) is 0 Å². The van der Waals surface area contributed by atoms with Gasteiger partial charge in [0.1, 0.15) is 11.9 Å². The molecule has 0 radical (unpaired) electrons. The summed E-state index contributed by atoms with van der Waals surface area (Å²) >= 11 is 0. The van der Waals surface area contributed by atoms with Gasteiger partial charge >= 0.3 is 0 Å². The first-order chi connectivity index (χ1) is 9.48. The van der Waals surface area contributed by atoms with Crippen molar-refractivity contribution >= 4 is 0 Å². The van der Waals surface area contributed by atoms with Crippen LogP contribution in [-0.2, 0) is 6.42 Å². The lowest BCUT2D eigenvalue weighted by atomic mass is 9.93. The number of fused-ring (bicyclic) bond motifs is 1. The Morgan fingerprint density at radius 1 is 1.30 bits per heavy atom. The van der Waals surface area contributed by atoms with E-state index in [9.17, 15) is 0 Å². The Morgan fingerprint density at radius 3 is 2.70 bits per heavy atom. The van der Waals surface area contributed by atoms with Crippen LogP contribution >= 0.6 is 0 Å². The van der Waals surface area contributed by atoms with E-state index in [0.29, 0.717) is 12.0 Å². The van der Waals surface area contributed by atoms with Crippen molar-refractivity contribution in [2.75, 3.05) is 6.54 Å². The molecule has 20 heavy (non-hydrogen) atoms. The molecule has 0 saturated heterocycles. The van der Waals surface area contributed by atoms with Crippen LogP contribution in [-0.4, -0.2) is 18.2 Å². The number of nitrogens with one attached hydrogen (secondary N) is 1. The molecule has 0 aromatic heterocycles. The first-order valence-electron chi connectivity index (χ1n) is 7.97. The maximum absolute atomic E-state index is 6.09. The van der Waals surface area contributed by atoms with E-state index in [4.69, 9.17) is 4.74 Å². The number of para-hydroxylation sites is 1. The zero-order valence-corrected chi connectivity index (χ0v) is 13.4. The Hall–Kier alpha value is -1.02. The molecule has 1 aliphatic rings. The highest BCUT2D eigenvalue weighted by atomic mass is 16.5. The molecule has 1 N–H and O–H groups in total. The van der Waals surface area contributed by atoms with Crippen molar-refractivity contribution in [3.63, 3.8) is 0 Å². The molecule has 2 unspecified atom stereocenters. The van der Waals surface area contributed by atoms with E-state index in [1.165, 1.54) is 18.4 Å². The van der Waals surface area contributed by atoms with Gasteiger partial charge in [-0.1, -0.05) is 31.5 Å². The highest BCUT2D eigenvalue weighted by Gasteiger charge is 2.25. The van der Waals surface area contributed by atoms with Gasteiger partial charge in [-0.2, -0.15) is 0 Å². The molecule has 2 atom stereocenters. The summed E-state index contributed by atoms with van der Waals surface area (Å²) in [5.74, 6) is 1.80. The van der Waals surface area contributed by atoms with Crippen molar-refractivity contribution in [2.24, 2.45) is 5.92 Å². The Labute approximate surface area is 123 Å². The van der Waals surface area contributed by atoms with Crippen molar-refractivity contribution in [1.82, 2.24) is 5.32 Å². The summed E-state index contributed by atoms with van der Waals surface area (Å²) in [5.41, 5.74) is 1.57. The Balaban J connectivity index is 1.87. The minimum absolute atomic E-state index is 0.200. The van der Waals surface area contributed by atoms with Crippen LogP contribution in [0.1, 0.15) is 52.5 Å². The third-order valence-corrected chi connectivity index (χ3v) is 3.93. The number of rotatable bonds is 6. The zero-order valence-electron chi connectivity index (χ0n) is 13.4. The minimum Gasteiger partial charge on any atom is -0.490 e. The van der Waals surface area contributed by atoms with Crippen molar-refractivity contribution in [1.29, 1.82) is 0 Å². The molecule has 2 heteroatoms. The summed E-state index contributed by atoms with van der Waals surface area (Å²) in [6.07, 6.45) is 5.12. The molecule has 2 nitrogen and oxygen atoms in total. The third-order valence-electron chi connectivity index (χ3n) is 3.93. The number of benzene rings is 1. The molecule has 0 saturated carbocycles. The lowest BCUT2D eigenvalue weighted by Crippen LogP contribution is -2.40. The monoisotopic (exact) mass is 275 g/mol. The predicted octanol–water partition coefficient (Wildman–Crippen LogP) is 4.18. The molecule has 1 aliphatic heterocycles. The van der Waals surface area contributed by atoms with Gasteiger partial charge < -0.3 is 10.1 Å². The maximum Gasteiger partial charge on any atom is 0.123 e. The first-order valence-corrected chi connectivity index (χ1v) is 7.97. The van der Waals surface area contributed by atoms with Gasteiger partial charge in [-0.25, -0.2) is 0 Å². The van der Waals surface area contributed by atoms with E-state index >= 15 is 0 Å². The smallest absolute Gasteiger partial charge is 0.123 e. The number of ether oxygens (including phenoxy) is 1. The second-order valence-electron chi connectivity index (χ2n) is 7.07. The molecule has 112 valence electrons. The Morgan fingerprint density at radius 2 is 2.05 bits per heavy atom. The van der Waals surface area contributed by atoms with Crippen LogP contribution in [0.5, 0.6) is 5.75 Å². The van der Waals surface area contributed by atoms with E-state index in [-0.39, 0.29) is 5.54 Å². The summed E-state index contributed by atoms with van der Waals surface area (Å²) in [6, 6.07) is 8.45. The van der Waals surface area contributed by atoms with Crippen LogP contribution in [0.25, 0.3) is 0 Å². The van der Waals surface area contributed by atoms with Crippen LogP contribution in [0.2, 0.25) is 0 Å². The van der Waals surface area contributed by atoms with Crippen molar-refractivity contribution in [3.05, 3.63) is 29.8 Å². The fourth-order valence-corrected chi connectivity index (χ4v) is 2.92. The quantitative estimate of drug-likeness (QED) is 0.840. The summed E-state index contributed by atoms with van der Waals surface area (Å²) in [7, 11) is 0. The SMILES string of the molecule is CCCC(CNC(C)(C)C)CC1Cc2ccccc2O1. The van der Waals surface area contributed by atoms with Crippen molar-refractivity contribution in [3.8, 4) is 5.75 Å². The summed E-state index contributed by atoms with van der Waals surface area (Å²) in [6.45, 7) is 10.1. The van der Waals surface area contributed by atoms with Gasteiger partial charge in [-0.3, -0.25) is 0 Å². The van der Waals surface area contributed by atoms with Crippen LogP contribution < -0.4 is 10.1 Å². The highest BCUT2D eigenvalue weighted by molar-refractivity contribution is 5.37. The Kier molecular flexibility index (Phi) is 5.09. The van der Waals surface area contributed by atoms with Gasteiger partial charge in [-0.15, -0.1) is 0 Å². The van der Waals surface area contributed by atoms with E-state index in [1.807, 2.05) is 0 Å². The molecular weight excluding hydrogens is 246 g/mol. The average molecular weight is 275 g/mol.